The van der Waals surface area contributed by atoms with E-state index in [9.17, 15) is 0 Å². The van der Waals surface area contributed by atoms with Gasteiger partial charge in [-0.05, 0) is 55.4 Å². The van der Waals surface area contributed by atoms with Crippen LogP contribution in [-0.4, -0.2) is 47.2 Å². The molecule has 118 valence electrons. The molecule has 3 atom stereocenters. The molecular formula is C17H24N4S. The van der Waals surface area contributed by atoms with Gasteiger partial charge in [-0.15, -0.1) is 0 Å². The summed E-state index contributed by atoms with van der Waals surface area (Å²) in [6.07, 6.45) is 7.46. The maximum Gasteiger partial charge on any atom is 0.169 e. The fourth-order valence-electron chi connectivity index (χ4n) is 4.35. The minimum Gasteiger partial charge on any atom is -0.360 e. The summed E-state index contributed by atoms with van der Waals surface area (Å²) in [7, 11) is 0. The third-order valence-corrected chi connectivity index (χ3v) is 5.96. The maximum absolute atomic E-state index is 5.66. The quantitative estimate of drug-likeness (QED) is 0.846. The van der Waals surface area contributed by atoms with E-state index >= 15 is 0 Å². The summed E-state index contributed by atoms with van der Waals surface area (Å²) in [4.78, 5) is 9.12. The monoisotopic (exact) mass is 316 g/mol. The summed E-state index contributed by atoms with van der Waals surface area (Å²) in [6, 6.07) is 6.74. The summed E-state index contributed by atoms with van der Waals surface area (Å²) >= 11 is 5.66. The zero-order valence-corrected chi connectivity index (χ0v) is 13.8. The standard InChI is InChI=1S/C17H24N4S/c22-17(19-15-12-13-4-5-14(15)11-13)21-9-7-20(8-10-21)16-3-1-2-6-18-16/h1-3,6,13-15H,4-5,7-12H2,(H,19,22)/t13-,14+,15-/m0/s1. The summed E-state index contributed by atoms with van der Waals surface area (Å²) in [5, 5.41) is 4.63. The van der Waals surface area contributed by atoms with Crippen molar-refractivity contribution in [2.24, 2.45) is 11.8 Å². The van der Waals surface area contributed by atoms with Crippen molar-refractivity contribution in [3.05, 3.63) is 24.4 Å². The lowest BCUT2D eigenvalue weighted by Gasteiger charge is -2.38. The van der Waals surface area contributed by atoms with Gasteiger partial charge in [0.2, 0.25) is 0 Å². The smallest absolute Gasteiger partial charge is 0.169 e. The van der Waals surface area contributed by atoms with Gasteiger partial charge in [0.1, 0.15) is 5.82 Å². The van der Waals surface area contributed by atoms with Crippen LogP contribution < -0.4 is 10.2 Å². The molecule has 1 aromatic heterocycles. The Hall–Kier alpha value is -1.36. The molecule has 0 spiro atoms. The Kier molecular flexibility index (Phi) is 3.90. The maximum atomic E-state index is 5.66. The molecule has 1 N–H and O–H groups in total. The van der Waals surface area contributed by atoms with E-state index in [2.05, 4.69) is 32.2 Å². The van der Waals surface area contributed by atoms with Crippen LogP contribution in [0.2, 0.25) is 0 Å². The van der Waals surface area contributed by atoms with E-state index in [1.165, 1.54) is 25.7 Å². The van der Waals surface area contributed by atoms with E-state index < -0.39 is 0 Å². The van der Waals surface area contributed by atoms with E-state index in [1.807, 2.05) is 12.3 Å². The summed E-state index contributed by atoms with van der Waals surface area (Å²) in [5.41, 5.74) is 0. The molecular weight excluding hydrogens is 292 g/mol. The largest absolute Gasteiger partial charge is 0.360 e. The van der Waals surface area contributed by atoms with Crippen LogP contribution in [-0.2, 0) is 0 Å². The average Bonchev–Trinajstić information content (AvgIpc) is 3.19. The number of hydrogen-bond donors (Lipinski definition) is 1. The van der Waals surface area contributed by atoms with Crippen LogP contribution in [0.4, 0.5) is 5.82 Å². The second kappa shape index (κ2) is 6.03. The first kappa shape index (κ1) is 14.2. The summed E-state index contributed by atoms with van der Waals surface area (Å²) < 4.78 is 0. The number of nitrogens with one attached hydrogen (secondary N) is 1. The van der Waals surface area contributed by atoms with Crippen molar-refractivity contribution in [3.8, 4) is 0 Å². The van der Waals surface area contributed by atoms with Crippen molar-refractivity contribution in [2.75, 3.05) is 31.1 Å². The minimum atomic E-state index is 0.639. The SMILES string of the molecule is S=C(N[C@H]1C[C@H]2CC[C@@H]1C2)N1CCN(c2ccccn2)CC1. The second-order valence-corrected chi connectivity index (χ2v) is 7.28. The van der Waals surface area contributed by atoms with Gasteiger partial charge in [-0.2, -0.15) is 0 Å². The highest BCUT2D eigenvalue weighted by atomic mass is 32.1. The predicted molar refractivity (Wildman–Crippen MR) is 93.0 cm³/mol. The van der Waals surface area contributed by atoms with Crippen LogP contribution >= 0.6 is 12.2 Å². The molecule has 0 unspecified atom stereocenters. The number of anilines is 1. The van der Waals surface area contributed by atoms with Crippen molar-refractivity contribution in [2.45, 2.75) is 31.7 Å². The van der Waals surface area contributed by atoms with Crippen LogP contribution in [0.3, 0.4) is 0 Å². The van der Waals surface area contributed by atoms with Crippen molar-refractivity contribution in [1.82, 2.24) is 15.2 Å². The van der Waals surface area contributed by atoms with Crippen LogP contribution in [0, 0.1) is 11.8 Å². The van der Waals surface area contributed by atoms with E-state index in [0.29, 0.717) is 6.04 Å². The number of rotatable bonds is 2. The lowest BCUT2D eigenvalue weighted by molar-refractivity contribution is 0.345. The Morgan fingerprint density at radius 1 is 1.14 bits per heavy atom. The van der Waals surface area contributed by atoms with E-state index in [4.69, 9.17) is 12.2 Å². The zero-order valence-electron chi connectivity index (χ0n) is 12.9. The highest BCUT2D eigenvalue weighted by molar-refractivity contribution is 7.80. The van der Waals surface area contributed by atoms with E-state index in [1.54, 1.807) is 0 Å². The molecule has 1 aliphatic heterocycles. The number of hydrogen-bond acceptors (Lipinski definition) is 3. The predicted octanol–water partition coefficient (Wildman–Crippen LogP) is 2.27. The molecule has 1 aromatic rings. The molecule has 3 aliphatic rings. The van der Waals surface area contributed by atoms with Crippen molar-refractivity contribution >= 4 is 23.1 Å². The van der Waals surface area contributed by atoms with Crippen LogP contribution in [0.25, 0.3) is 0 Å². The second-order valence-electron chi connectivity index (χ2n) is 6.89. The Bertz CT molecular complexity index is 527. The lowest BCUT2D eigenvalue weighted by atomic mass is 9.95. The van der Waals surface area contributed by atoms with Crippen LogP contribution in [0.15, 0.2) is 24.4 Å². The topological polar surface area (TPSA) is 31.4 Å². The first-order chi connectivity index (χ1) is 10.8. The van der Waals surface area contributed by atoms with Gasteiger partial charge in [-0.25, -0.2) is 4.98 Å². The highest BCUT2D eigenvalue weighted by Crippen LogP contribution is 2.44. The molecule has 0 aromatic carbocycles. The molecule has 0 radical (unpaired) electrons. The normalized spacial score (nSPS) is 30.6. The molecule has 2 heterocycles. The van der Waals surface area contributed by atoms with Gasteiger partial charge < -0.3 is 15.1 Å². The van der Waals surface area contributed by atoms with Crippen LogP contribution in [0.5, 0.6) is 0 Å². The van der Waals surface area contributed by atoms with E-state index in [0.717, 1.165) is 48.9 Å². The van der Waals surface area contributed by atoms with Gasteiger partial charge in [-0.1, -0.05) is 12.5 Å². The van der Waals surface area contributed by atoms with E-state index in [-0.39, 0.29) is 0 Å². The molecule has 1 saturated heterocycles. The van der Waals surface area contributed by atoms with Crippen molar-refractivity contribution < 1.29 is 0 Å². The number of thiocarbonyl (C=S) groups is 1. The Morgan fingerprint density at radius 3 is 2.64 bits per heavy atom. The number of fused-ring (bicyclic) bond motifs is 2. The molecule has 2 bridgehead atoms. The summed E-state index contributed by atoms with van der Waals surface area (Å²) in [5.74, 6) is 2.91. The zero-order chi connectivity index (χ0) is 14.9. The number of nitrogens with zero attached hydrogens (tertiary/aromatic N) is 3. The third-order valence-electron chi connectivity index (χ3n) is 5.59. The number of pyridine rings is 1. The van der Waals surface area contributed by atoms with Crippen molar-refractivity contribution in [3.63, 3.8) is 0 Å². The van der Waals surface area contributed by atoms with Crippen LogP contribution in [0.1, 0.15) is 25.7 Å². The minimum absolute atomic E-state index is 0.639. The van der Waals surface area contributed by atoms with Gasteiger partial charge in [-0.3, -0.25) is 0 Å². The molecule has 2 aliphatic carbocycles. The Morgan fingerprint density at radius 2 is 2.00 bits per heavy atom. The molecule has 4 nitrogen and oxygen atoms in total. The average molecular weight is 316 g/mol. The Labute approximate surface area is 137 Å². The molecule has 22 heavy (non-hydrogen) atoms. The van der Waals surface area contributed by atoms with Gasteiger partial charge >= 0.3 is 0 Å². The fourth-order valence-corrected chi connectivity index (χ4v) is 4.68. The number of aromatic nitrogens is 1. The summed E-state index contributed by atoms with van der Waals surface area (Å²) in [6.45, 7) is 3.97. The molecule has 2 saturated carbocycles. The molecule has 3 fully saturated rings. The first-order valence-electron chi connectivity index (χ1n) is 8.51. The van der Waals surface area contributed by atoms with Gasteiger partial charge in [0.05, 0.1) is 0 Å². The van der Waals surface area contributed by atoms with Gasteiger partial charge in [0, 0.05) is 38.4 Å². The molecule has 5 heteroatoms. The first-order valence-corrected chi connectivity index (χ1v) is 8.92. The lowest BCUT2D eigenvalue weighted by Crippen LogP contribution is -2.54. The molecule has 0 amide bonds. The highest BCUT2D eigenvalue weighted by Gasteiger charge is 2.40. The van der Waals surface area contributed by atoms with Crippen molar-refractivity contribution in [1.29, 1.82) is 0 Å². The Balaban J connectivity index is 1.29. The fraction of sp³-hybridized carbons (Fsp3) is 0.647. The molecule has 4 rings (SSSR count). The van der Waals surface area contributed by atoms with Gasteiger partial charge in [0.25, 0.3) is 0 Å². The number of piperazine rings is 1. The van der Waals surface area contributed by atoms with Gasteiger partial charge in [0.15, 0.2) is 5.11 Å². The third kappa shape index (κ3) is 2.78.